The van der Waals surface area contributed by atoms with Gasteiger partial charge < -0.3 is 15.5 Å². The van der Waals surface area contributed by atoms with Gasteiger partial charge in [-0.25, -0.2) is 0 Å². The van der Waals surface area contributed by atoms with E-state index in [1.807, 2.05) is 31.2 Å². The van der Waals surface area contributed by atoms with E-state index in [1.165, 1.54) is 24.9 Å². The number of hydrogen-bond donors (Lipinski definition) is 2. The van der Waals surface area contributed by atoms with Gasteiger partial charge >= 0.3 is 0 Å². The van der Waals surface area contributed by atoms with E-state index in [-0.39, 0.29) is 5.91 Å². The SMILES string of the molecule is Cc1ccc(NC(=O)CNCC2CCCN2C)cc1. The molecule has 0 aromatic heterocycles. The molecule has 1 amide bonds. The molecule has 1 unspecified atom stereocenters. The lowest BCUT2D eigenvalue weighted by atomic mass is 10.2. The van der Waals surface area contributed by atoms with Crippen molar-refractivity contribution in [2.75, 3.05) is 32.0 Å². The van der Waals surface area contributed by atoms with Gasteiger partial charge in [-0.1, -0.05) is 17.7 Å². The lowest BCUT2D eigenvalue weighted by molar-refractivity contribution is -0.115. The first kappa shape index (κ1) is 14.0. The van der Waals surface area contributed by atoms with Crippen LogP contribution in [0.3, 0.4) is 0 Å². The smallest absolute Gasteiger partial charge is 0.238 e. The van der Waals surface area contributed by atoms with Gasteiger partial charge in [-0.15, -0.1) is 0 Å². The van der Waals surface area contributed by atoms with Crippen LogP contribution in [-0.2, 0) is 4.79 Å². The van der Waals surface area contributed by atoms with Gasteiger partial charge in [0.1, 0.15) is 0 Å². The molecule has 1 aromatic rings. The number of hydrogen-bond acceptors (Lipinski definition) is 3. The molecule has 0 bridgehead atoms. The van der Waals surface area contributed by atoms with E-state index >= 15 is 0 Å². The van der Waals surface area contributed by atoms with E-state index in [0.717, 1.165) is 12.2 Å². The summed E-state index contributed by atoms with van der Waals surface area (Å²) in [5, 5.41) is 6.13. The largest absolute Gasteiger partial charge is 0.325 e. The van der Waals surface area contributed by atoms with Crippen LogP contribution < -0.4 is 10.6 Å². The fourth-order valence-corrected chi connectivity index (χ4v) is 2.43. The molecule has 1 aromatic carbocycles. The number of likely N-dealkylation sites (tertiary alicyclic amines) is 1. The predicted molar refractivity (Wildman–Crippen MR) is 78.3 cm³/mol. The Morgan fingerprint density at radius 1 is 1.37 bits per heavy atom. The van der Waals surface area contributed by atoms with Gasteiger partial charge in [0, 0.05) is 18.3 Å². The van der Waals surface area contributed by atoms with Gasteiger partial charge in [-0.2, -0.15) is 0 Å². The number of nitrogens with zero attached hydrogens (tertiary/aromatic N) is 1. The van der Waals surface area contributed by atoms with E-state index < -0.39 is 0 Å². The van der Waals surface area contributed by atoms with Crippen molar-refractivity contribution in [1.29, 1.82) is 0 Å². The Labute approximate surface area is 115 Å². The molecule has 1 fully saturated rings. The number of amides is 1. The van der Waals surface area contributed by atoms with Gasteiger partial charge in [-0.05, 0) is 45.5 Å². The van der Waals surface area contributed by atoms with Gasteiger partial charge in [-0.3, -0.25) is 4.79 Å². The summed E-state index contributed by atoms with van der Waals surface area (Å²) in [6.07, 6.45) is 2.49. The van der Waals surface area contributed by atoms with Crippen LogP contribution in [0.25, 0.3) is 0 Å². The maximum Gasteiger partial charge on any atom is 0.238 e. The highest BCUT2D eigenvalue weighted by atomic mass is 16.1. The summed E-state index contributed by atoms with van der Waals surface area (Å²) >= 11 is 0. The maximum atomic E-state index is 11.8. The van der Waals surface area contributed by atoms with Crippen molar-refractivity contribution in [2.24, 2.45) is 0 Å². The molecule has 0 aliphatic carbocycles. The van der Waals surface area contributed by atoms with Crippen molar-refractivity contribution in [3.8, 4) is 0 Å². The topological polar surface area (TPSA) is 44.4 Å². The molecule has 0 saturated carbocycles. The van der Waals surface area contributed by atoms with Gasteiger partial charge in [0.25, 0.3) is 0 Å². The van der Waals surface area contributed by atoms with Crippen LogP contribution in [0.4, 0.5) is 5.69 Å². The fourth-order valence-electron chi connectivity index (χ4n) is 2.43. The number of nitrogens with one attached hydrogen (secondary N) is 2. The second kappa shape index (κ2) is 6.68. The summed E-state index contributed by atoms with van der Waals surface area (Å²) < 4.78 is 0. The molecule has 104 valence electrons. The van der Waals surface area contributed by atoms with Crippen molar-refractivity contribution in [2.45, 2.75) is 25.8 Å². The first-order valence-electron chi connectivity index (χ1n) is 6.92. The third-order valence-corrected chi connectivity index (χ3v) is 3.67. The van der Waals surface area contributed by atoms with Crippen LogP contribution in [0.2, 0.25) is 0 Å². The monoisotopic (exact) mass is 261 g/mol. The molecule has 19 heavy (non-hydrogen) atoms. The van der Waals surface area contributed by atoms with E-state index in [4.69, 9.17) is 0 Å². The van der Waals surface area contributed by atoms with Crippen molar-refractivity contribution in [3.05, 3.63) is 29.8 Å². The zero-order valence-corrected chi connectivity index (χ0v) is 11.8. The Hall–Kier alpha value is -1.39. The second-order valence-corrected chi connectivity index (χ2v) is 5.32. The lowest BCUT2D eigenvalue weighted by Crippen LogP contribution is -2.38. The third kappa shape index (κ3) is 4.33. The maximum absolute atomic E-state index is 11.8. The molecule has 1 heterocycles. The van der Waals surface area contributed by atoms with Crippen molar-refractivity contribution < 1.29 is 4.79 Å². The number of anilines is 1. The summed E-state index contributed by atoms with van der Waals surface area (Å²) in [6.45, 7) is 4.46. The zero-order chi connectivity index (χ0) is 13.7. The number of aryl methyl sites for hydroxylation is 1. The average molecular weight is 261 g/mol. The summed E-state index contributed by atoms with van der Waals surface area (Å²) in [6, 6.07) is 8.43. The molecule has 1 aliphatic heterocycles. The zero-order valence-electron chi connectivity index (χ0n) is 11.8. The van der Waals surface area contributed by atoms with Crippen molar-refractivity contribution in [3.63, 3.8) is 0 Å². The summed E-state index contributed by atoms with van der Waals surface area (Å²) in [7, 11) is 2.14. The fraction of sp³-hybridized carbons (Fsp3) is 0.533. The molecular weight excluding hydrogens is 238 g/mol. The van der Waals surface area contributed by atoms with E-state index in [2.05, 4.69) is 22.6 Å². The quantitative estimate of drug-likeness (QED) is 0.846. The Morgan fingerprint density at radius 3 is 2.74 bits per heavy atom. The molecular formula is C15H23N3O. The average Bonchev–Trinajstić information content (AvgIpc) is 2.78. The number of rotatable bonds is 5. The van der Waals surface area contributed by atoms with Crippen LogP contribution in [0.5, 0.6) is 0 Å². The summed E-state index contributed by atoms with van der Waals surface area (Å²) in [5.41, 5.74) is 2.05. The third-order valence-electron chi connectivity index (χ3n) is 3.67. The van der Waals surface area contributed by atoms with Gasteiger partial charge in [0.2, 0.25) is 5.91 Å². The highest BCUT2D eigenvalue weighted by molar-refractivity contribution is 5.92. The Bertz CT molecular complexity index is 416. The number of carbonyl (C=O) groups is 1. The Morgan fingerprint density at radius 2 is 2.11 bits per heavy atom. The molecule has 0 spiro atoms. The molecule has 1 aliphatic rings. The lowest BCUT2D eigenvalue weighted by Gasteiger charge is -2.19. The van der Waals surface area contributed by atoms with E-state index in [0.29, 0.717) is 12.6 Å². The summed E-state index contributed by atoms with van der Waals surface area (Å²) in [5.74, 6) is 0.0181. The Kier molecular flexibility index (Phi) is 4.93. The minimum absolute atomic E-state index is 0.0181. The minimum Gasteiger partial charge on any atom is -0.325 e. The van der Waals surface area contributed by atoms with Gasteiger partial charge in [0.05, 0.1) is 6.54 Å². The second-order valence-electron chi connectivity index (χ2n) is 5.32. The molecule has 4 nitrogen and oxygen atoms in total. The number of carbonyl (C=O) groups excluding carboxylic acids is 1. The number of likely N-dealkylation sites (N-methyl/N-ethyl adjacent to an activating group) is 1. The first-order chi connectivity index (χ1) is 9.15. The van der Waals surface area contributed by atoms with E-state index in [1.54, 1.807) is 0 Å². The summed E-state index contributed by atoms with van der Waals surface area (Å²) in [4.78, 5) is 14.1. The van der Waals surface area contributed by atoms with Gasteiger partial charge in [0.15, 0.2) is 0 Å². The van der Waals surface area contributed by atoms with Crippen LogP contribution in [0.15, 0.2) is 24.3 Å². The van der Waals surface area contributed by atoms with Crippen molar-refractivity contribution in [1.82, 2.24) is 10.2 Å². The normalized spacial score (nSPS) is 19.6. The molecule has 2 rings (SSSR count). The standard InChI is InChI=1S/C15H23N3O/c1-12-5-7-13(8-6-12)17-15(19)11-16-10-14-4-3-9-18(14)2/h5-8,14,16H,3-4,9-11H2,1-2H3,(H,17,19). The molecule has 0 radical (unpaired) electrons. The molecule has 4 heteroatoms. The molecule has 1 saturated heterocycles. The predicted octanol–water partition coefficient (Wildman–Crippen LogP) is 1.62. The highest BCUT2D eigenvalue weighted by Gasteiger charge is 2.20. The molecule has 1 atom stereocenters. The van der Waals surface area contributed by atoms with Crippen LogP contribution in [-0.4, -0.2) is 43.5 Å². The number of benzene rings is 1. The van der Waals surface area contributed by atoms with Crippen LogP contribution in [0.1, 0.15) is 18.4 Å². The highest BCUT2D eigenvalue weighted by Crippen LogP contribution is 2.13. The van der Waals surface area contributed by atoms with Crippen LogP contribution >= 0.6 is 0 Å². The Balaban J connectivity index is 1.68. The minimum atomic E-state index is 0.0181. The van der Waals surface area contributed by atoms with E-state index in [9.17, 15) is 4.79 Å². The first-order valence-corrected chi connectivity index (χ1v) is 6.92. The molecule has 2 N–H and O–H groups in total. The van der Waals surface area contributed by atoms with Crippen molar-refractivity contribution >= 4 is 11.6 Å². The van der Waals surface area contributed by atoms with Crippen LogP contribution in [0, 0.1) is 6.92 Å².